The lowest BCUT2D eigenvalue weighted by Gasteiger charge is -2.08. The maximum atomic E-state index is 12.4. The topological polar surface area (TPSA) is 31.2 Å². The minimum absolute atomic E-state index is 0.280. The molecule has 26 heavy (non-hydrogen) atoms. The first-order chi connectivity index (χ1) is 12.8. The normalized spacial score (nSPS) is 10.8. The van der Waals surface area contributed by atoms with Crippen LogP contribution in [0.5, 0.6) is 0 Å². The molecule has 1 heterocycles. The highest BCUT2D eigenvalue weighted by Crippen LogP contribution is 2.20. The molecule has 0 spiro atoms. The summed E-state index contributed by atoms with van der Waals surface area (Å²) in [5.41, 5.74) is 3.81. The summed E-state index contributed by atoms with van der Waals surface area (Å²) in [6.07, 6.45) is 2.05. The molecule has 128 valence electrons. The van der Waals surface area contributed by atoms with Gasteiger partial charge in [0.25, 0.3) is 0 Å². The summed E-state index contributed by atoms with van der Waals surface area (Å²) < 4.78 is 7.60. The zero-order valence-electron chi connectivity index (χ0n) is 14.3. The van der Waals surface area contributed by atoms with Crippen LogP contribution in [0.1, 0.15) is 21.5 Å². The summed E-state index contributed by atoms with van der Waals surface area (Å²) in [7, 11) is 0. The Morgan fingerprint density at radius 2 is 1.50 bits per heavy atom. The summed E-state index contributed by atoms with van der Waals surface area (Å²) >= 11 is 0. The number of carbonyl (C=O) groups is 1. The number of carbonyl (C=O) groups excluding carboxylic acids is 1. The molecule has 0 fully saturated rings. The third-order valence-corrected chi connectivity index (χ3v) is 4.42. The lowest BCUT2D eigenvalue weighted by molar-refractivity contribution is 0.0473. The number of hydrogen-bond acceptors (Lipinski definition) is 2. The zero-order valence-corrected chi connectivity index (χ0v) is 14.3. The van der Waals surface area contributed by atoms with E-state index < -0.39 is 0 Å². The predicted octanol–water partition coefficient (Wildman–Crippen LogP) is 5.05. The first kappa shape index (κ1) is 16.2. The van der Waals surface area contributed by atoms with Crippen LogP contribution >= 0.6 is 0 Å². The predicted molar refractivity (Wildman–Crippen MR) is 103 cm³/mol. The highest BCUT2D eigenvalue weighted by atomic mass is 16.5. The van der Waals surface area contributed by atoms with Gasteiger partial charge in [-0.2, -0.15) is 0 Å². The average Bonchev–Trinajstić information content (AvgIpc) is 3.10. The fraction of sp³-hybridized carbons (Fsp3) is 0.0870. The highest BCUT2D eigenvalue weighted by Gasteiger charge is 2.10. The molecule has 0 aliphatic rings. The molecule has 0 N–H and O–H groups in total. The van der Waals surface area contributed by atoms with Gasteiger partial charge in [0.05, 0.1) is 5.56 Å². The molecule has 0 radical (unpaired) electrons. The van der Waals surface area contributed by atoms with Crippen LogP contribution in [-0.2, 0) is 17.9 Å². The second-order valence-electron chi connectivity index (χ2n) is 6.26. The Hall–Kier alpha value is -3.33. The van der Waals surface area contributed by atoms with Crippen LogP contribution in [0, 0.1) is 0 Å². The first-order valence-electron chi connectivity index (χ1n) is 8.63. The fourth-order valence-corrected chi connectivity index (χ4v) is 3.04. The van der Waals surface area contributed by atoms with Gasteiger partial charge in [-0.15, -0.1) is 0 Å². The number of fused-ring (bicyclic) bond motifs is 1. The summed E-state index contributed by atoms with van der Waals surface area (Å²) in [6.45, 7) is 1.05. The van der Waals surface area contributed by atoms with Crippen molar-refractivity contribution in [3.05, 3.63) is 108 Å². The van der Waals surface area contributed by atoms with Crippen molar-refractivity contribution in [2.24, 2.45) is 0 Å². The summed E-state index contributed by atoms with van der Waals surface area (Å²) in [5.74, 6) is -0.303. The quantitative estimate of drug-likeness (QED) is 0.476. The Balaban J connectivity index is 1.54. The Morgan fingerprint density at radius 1 is 0.808 bits per heavy atom. The fourth-order valence-electron chi connectivity index (χ4n) is 3.04. The number of nitrogens with zero attached hydrogens (tertiary/aromatic N) is 1. The molecule has 4 aromatic rings. The minimum atomic E-state index is -0.303. The molecule has 0 bridgehead atoms. The molecule has 3 heteroatoms. The van der Waals surface area contributed by atoms with Crippen molar-refractivity contribution in [3.8, 4) is 0 Å². The number of rotatable bonds is 5. The monoisotopic (exact) mass is 341 g/mol. The van der Waals surface area contributed by atoms with Crippen molar-refractivity contribution in [3.63, 3.8) is 0 Å². The maximum absolute atomic E-state index is 12.4. The van der Waals surface area contributed by atoms with E-state index in [1.54, 1.807) is 0 Å². The van der Waals surface area contributed by atoms with Crippen LogP contribution in [0.2, 0.25) is 0 Å². The van der Waals surface area contributed by atoms with Gasteiger partial charge in [0.1, 0.15) is 6.61 Å². The lowest BCUT2D eigenvalue weighted by Crippen LogP contribution is -2.06. The van der Waals surface area contributed by atoms with Crippen molar-refractivity contribution >= 4 is 16.9 Å². The number of ether oxygens (including phenoxy) is 1. The molecule has 1 aromatic heterocycles. The van der Waals surface area contributed by atoms with Crippen molar-refractivity contribution in [2.45, 2.75) is 13.2 Å². The standard InChI is InChI=1S/C23H19NO2/c25-23(26-17-19-9-5-2-6-10-19)21-12-11-20-13-14-24(22(20)15-21)16-18-7-3-1-4-8-18/h1-15H,16-17H2. The zero-order chi connectivity index (χ0) is 17.8. The van der Waals surface area contributed by atoms with Gasteiger partial charge in [-0.1, -0.05) is 66.7 Å². The largest absolute Gasteiger partial charge is 0.457 e. The summed E-state index contributed by atoms with van der Waals surface area (Å²) in [5, 5.41) is 1.11. The molecule has 0 saturated heterocycles. The lowest BCUT2D eigenvalue weighted by atomic mass is 10.1. The molecule has 0 unspecified atom stereocenters. The smallest absolute Gasteiger partial charge is 0.338 e. The van der Waals surface area contributed by atoms with E-state index in [4.69, 9.17) is 4.74 Å². The number of hydrogen-bond donors (Lipinski definition) is 0. The Morgan fingerprint density at radius 3 is 2.23 bits per heavy atom. The van der Waals surface area contributed by atoms with Gasteiger partial charge in [0, 0.05) is 18.3 Å². The van der Waals surface area contributed by atoms with Crippen molar-refractivity contribution < 1.29 is 9.53 Å². The third-order valence-electron chi connectivity index (χ3n) is 4.42. The maximum Gasteiger partial charge on any atom is 0.338 e. The van der Waals surface area contributed by atoms with Crippen LogP contribution in [0.25, 0.3) is 10.9 Å². The average molecular weight is 341 g/mol. The minimum Gasteiger partial charge on any atom is -0.457 e. The summed E-state index contributed by atoms with van der Waals surface area (Å²) in [4.78, 5) is 12.4. The van der Waals surface area contributed by atoms with Gasteiger partial charge in [-0.3, -0.25) is 0 Å². The van der Waals surface area contributed by atoms with E-state index in [-0.39, 0.29) is 12.6 Å². The van der Waals surface area contributed by atoms with Crippen molar-refractivity contribution in [2.75, 3.05) is 0 Å². The molecule has 3 aromatic carbocycles. The Kier molecular flexibility index (Phi) is 4.52. The van der Waals surface area contributed by atoms with Gasteiger partial charge in [-0.25, -0.2) is 4.79 Å². The van der Waals surface area contributed by atoms with E-state index in [2.05, 4.69) is 29.0 Å². The SMILES string of the molecule is O=C(OCc1ccccc1)c1ccc2ccn(Cc3ccccc3)c2c1. The Bertz CT molecular complexity index is 1020. The van der Waals surface area contributed by atoms with E-state index >= 15 is 0 Å². The van der Waals surface area contributed by atoms with Gasteiger partial charge < -0.3 is 9.30 Å². The highest BCUT2D eigenvalue weighted by molar-refractivity contribution is 5.94. The Labute approximate surface area is 152 Å². The molecule has 0 aliphatic heterocycles. The van der Waals surface area contributed by atoms with Gasteiger partial charge >= 0.3 is 5.97 Å². The second-order valence-corrected chi connectivity index (χ2v) is 6.26. The van der Waals surface area contributed by atoms with Crippen molar-refractivity contribution in [1.29, 1.82) is 0 Å². The van der Waals surface area contributed by atoms with Crippen LogP contribution in [-0.4, -0.2) is 10.5 Å². The molecule has 0 amide bonds. The van der Waals surface area contributed by atoms with Crippen molar-refractivity contribution in [1.82, 2.24) is 4.57 Å². The van der Waals surface area contributed by atoms with Crippen LogP contribution < -0.4 is 0 Å². The number of esters is 1. The summed E-state index contributed by atoms with van der Waals surface area (Å²) in [6, 6.07) is 27.8. The second kappa shape index (κ2) is 7.28. The van der Waals surface area contributed by atoms with Gasteiger partial charge in [0.2, 0.25) is 0 Å². The van der Waals surface area contributed by atoms with E-state index in [0.29, 0.717) is 5.56 Å². The van der Waals surface area contributed by atoms with E-state index in [1.165, 1.54) is 5.56 Å². The molecule has 0 aliphatic carbocycles. The van der Waals surface area contributed by atoms with E-state index in [9.17, 15) is 4.79 Å². The number of aromatic nitrogens is 1. The molecule has 0 atom stereocenters. The van der Waals surface area contributed by atoms with E-state index in [1.807, 2.05) is 66.7 Å². The van der Waals surface area contributed by atoms with Crippen LogP contribution in [0.3, 0.4) is 0 Å². The molecule has 3 nitrogen and oxygen atoms in total. The van der Waals surface area contributed by atoms with Gasteiger partial charge in [0.15, 0.2) is 0 Å². The molecule has 4 rings (SSSR count). The van der Waals surface area contributed by atoms with Crippen LogP contribution in [0.15, 0.2) is 91.1 Å². The van der Waals surface area contributed by atoms with Gasteiger partial charge in [-0.05, 0) is 34.7 Å². The first-order valence-corrected chi connectivity index (χ1v) is 8.63. The van der Waals surface area contributed by atoms with E-state index in [0.717, 1.165) is 23.0 Å². The third kappa shape index (κ3) is 3.52. The molecular formula is C23H19NO2. The molecular weight excluding hydrogens is 322 g/mol. The number of benzene rings is 3. The molecule has 0 saturated carbocycles. The van der Waals surface area contributed by atoms with Crippen LogP contribution in [0.4, 0.5) is 0 Å².